The average molecular weight is 1030 g/mol. The van der Waals surface area contributed by atoms with E-state index in [9.17, 15) is 13.2 Å². The zero-order valence-electron chi connectivity index (χ0n) is 36.8. The Morgan fingerprint density at radius 1 is 0.739 bits per heavy atom. The Balaban J connectivity index is 0.000000161. The van der Waals surface area contributed by atoms with E-state index in [-0.39, 0.29) is 38.0 Å². The highest BCUT2D eigenvalue weighted by Crippen LogP contribution is 2.68. The van der Waals surface area contributed by atoms with Crippen LogP contribution in [0.2, 0.25) is 0 Å². The highest BCUT2D eigenvalue weighted by molar-refractivity contribution is 9.10. The first-order valence-electron chi connectivity index (χ1n) is 21.0. The highest BCUT2D eigenvalue weighted by atomic mass is 79.9. The van der Waals surface area contributed by atoms with Crippen LogP contribution in [0.1, 0.15) is 52.2 Å². The van der Waals surface area contributed by atoms with Gasteiger partial charge in [-0.25, -0.2) is 37.2 Å². The van der Waals surface area contributed by atoms with E-state index in [1.54, 1.807) is 39.7 Å². The number of thioether (sulfide) groups is 2. The van der Waals surface area contributed by atoms with Gasteiger partial charge in [0, 0.05) is 68.4 Å². The van der Waals surface area contributed by atoms with Crippen molar-refractivity contribution in [3.05, 3.63) is 164 Å². The Morgan fingerprint density at radius 3 is 1.65 bits per heavy atom. The minimum atomic E-state index is -1.43. The fourth-order valence-electron chi connectivity index (χ4n) is 8.79. The number of alkyl halides is 2. The van der Waals surface area contributed by atoms with Gasteiger partial charge in [0.15, 0.2) is 10.3 Å². The van der Waals surface area contributed by atoms with Crippen molar-refractivity contribution in [3.63, 3.8) is 0 Å². The van der Waals surface area contributed by atoms with Crippen LogP contribution < -0.4 is 11.5 Å². The van der Waals surface area contributed by atoms with Crippen LogP contribution in [0.15, 0.2) is 100 Å². The normalized spacial score (nSPS) is 24.5. The van der Waals surface area contributed by atoms with Crippen LogP contribution in [-0.4, -0.2) is 73.1 Å². The van der Waals surface area contributed by atoms with Crippen LogP contribution in [0.25, 0.3) is 9.69 Å². The second kappa shape index (κ2) is 19.5. The summed E-state index contributed by atoms with van der Waals surface area (Å²) in [6, 6.07) is 15.3. The fraction of sp³-hybridized carbons (Fsp3) is 0.292. The number of terminal acetylenes is 1. The monoisotopic (exact) mass is 1030 g/mol. The number of benzene rings is 2. The number of halogens is 5. The molecule has 6 atom stereocenters. The molecular formula is C48H39BrF4N14S2. The van der Waals surface area contributed by atoms with Crippen molar-refractivity contribution < 1.29 is 17.6 Å². The molecule has 0 spiro atoms. The maximum atomic E-state index is 15.1. The molecule has 0 saturated heterocycles. The van der Waals surface area contributed by atoms with E-state index in [4.69, 9.17) is 31.0 Å². The van der Waals surface area contributed by atoms with Crippen molar-refractivity contribution in [2.24, 2.45) is 33.3 Å². The topological polar surface area (TPSA) is 173 Å². The van der Waals surface area contributed by atoms with Crippen molar-refractivity contribution in [1.82, 2.24) is 40.0 Å². The number of pyridine rings is 2. The number of nitrogens with two attached hydrogens (primary N) is 2. The number of aliphatic imine (C=N–C) groups is 2. The molecule has 4 aromatic heterocycles. The zero-order chi connectivity index (χ0) is 49.1. The lowest BCUT2D eigenvalue weighted by atomic mass is 9.84. The Morgan fingerprint density at radius 2 is 1.23 bits per heavy atom. The van der Waals surface area contributed by atoms with E-state index in [1.807, 2.05) is 26.2 Å². The average Bonchev–Trinajstić information content (AvgIpc) is 4.15. The van der Waals surface area contributed by atoms with E-state index in [0.29, 0.717) is 54.1 Å². The highest BCUT2D eigenvalue weighted by Gasteiger charge is 2.70. The number of fused-ring (bicyclic) bond motifs is 2. The molecule has 348 valence electrons. The van der Waals surface area contributed by atoms with Gasteiger partial charge in [-0.1, -0.05) is 57.9 Å². The summed E-state index contributed by atoms with van der Waals surface area (Å²) < 4.78 is 62.3. The summed E-state index contributed by atoms with van der Waals surface area (Å²) in [5.41, 5.74) is 13.7. The lowest BCUT2D eigenvalue weighted by Crippen LogP contribution is -2.41. The second-order valence-electron chi connectivity index (χ2n) is 16.7. The molecule has 4 aliphatic rings. The number of hydrogen-bond acceptors (Lipinski definition) is 12. The van der Waals surface area contributed by atoms with Crippen LogP contribution in [0.3, 0.4) is 0 Å². The summed E-state index contributed by atoms with van der Waals surface area (Å²) in [5.74, 6) is 6.78. The quantitative estimate of drug-likeness (QED) is 0.0652. The third kappa shape index (κ3) is 9.95. The minimum Gasteiger partial charge on any atom is -0.378 e. The summed E-state index contributed by atoms with van der Waals surface area (Å²) >= 11 is 5.96. The molecule has 0 bridgehead atoms. The molecule has 69 heavy (non-hydrogen) atoms. The Bertz CT molecular complexity index is 3190. The molecule has 0 unspecified atom stereocenters. The van der Waals surface area contributed by atoms with Gasteiger partial charge in [-0.15, -0.1) is 16.6 Å². The van der Waals surface area contributed by atoms with E-state index in [2.05, 4.69) is 84.0 Å². The minimum absolute atomic E-state index is 0.142. The lowest BCUT2D eigenvalue weighted by molar-refractivity contribution is 0.259. The third-order valence-electron chi connectivity index (χ3n) is 12.1. The van der Waals surface area contributed by atoms with Gasteiger partial charge in [-0.2, -0.15) is 0 Å². The summed E-state index contributed by atoms with van der Waals surface area (Å²) in [4.78, 5) is 23.3. The van der Waals surface area contributed by atoms with Gasteiger partial charge < -0.3 is 11.5 Å². The Hall–Kier alpha value is -7.04. The molecule has 21 heteroatoms. The van der Waals surface area contributed by atoms with Crippen LogP contribution >= 0.6 is 39.5 Å². The van der Waals surface area contributed by atoms with Crippen LogP contribution in [0.5, 0.6) is 0 Å². The van der Waals surface area contributed by atoms with Gasteiger partial charge in [-0.05, 0) is 97.1 Å². The number of rotatable bonds is 8. The molecule has 6 aromatic rings. The smallest absolute Gasteiger partial charge is 0.205 e. The van der Waals surface area contributed by atoms with Crippen molar-refractivity contribution in [1.29, 1.82) is 0 Å². The van der Waals surface area contributed by atoms with Gasteiger partial charge in [-0.3, -0.25) is 19.3 Å². The molecule has 14 nitrogen and oxygen atoms in total. The molecule has 2 aromatic carbocycles. The Kier molecular flexibility index (Phi) is 13.7. The number of aryl methyl sites for hydroxylation is 2. The summed E-state index contributed by atoms with van der Waals surface area (Å²) in [6.07, 6.45) is 13.3. The first kappa shape index (κ1) is 48.4. The van der Waals surface area contributed by atoms with Crippen LogP contribution in [0, 0.1) is 74.6 Å². The molecule has 2 aliphatic carbocycles. The molecule has 2 aliphatic heterocycles. The summed E-state index contributed by atoms with van der Waals surface area (Å²) in [7, 11) is 0. The lowest BCUT2D eigenvalue weighted by Gasteiger charge is -2.35. The first-order valence-corrected chi connectivity index (χ1v) is 23.4. The molecule has 6 heterocycles. The molecule has 2 fully saturated rings. The molecule has 2 saturated carbocycles. The van der Waals surface area contributed by atoms with Gasteiger partial charge in [0.1, 0.15) is 46.4 Å². The number of aromatic nitrogens is 8. The second-order valence-corrected chi connectivity index (χ2v) is 20.4. The predicted octanol–water partition coefficient (Wildman–Crippen LogP) is 8.54. The molecule has 0 radical (unpaired) electrons. The number of hydrogen-bond donors (Lipinski definition) is 2. The van der Waals surface area contributed by atoms with Crippen molar-refractivity contribution in [3.8, 4) is 24.2 Å². The standard InChI is InChI=1S/C24H19F2N7S.C18H17F2N5S.C6H3BrN2/c1-15-12-33(32-31-15)14-23-10-21(23)24(13-25,30-22(27)34-23)19-9-16(4-8-20(19)26)3-5-17-6-7-18(28-2)11-29-17;1-3-12-4-5-14(20)13(6-12)18(9-19)15-7-17(15,26-16(21)22-18)10-25-8-11(2)23-24-25;1-8-5-2-3-6(7)9-4-5/h4,6-9,11-12,21H,10,13-14H2,1H3,(H2,27,30);1,4-6,8,15H,7,9-10H2,2H3,(H2,21,22);2-4H/t21-,23-,24-;15-,17-,18-;/m11./s1. The SMILES string of the molecule is C#Cc1ccc(F)c([C@@]2(CF)N=C(N)S[C@@]3(Cn4cc(C)nn4)C[C@H]32)c1.[C-]#[N+]c1ccc(Br)nc1.[C-]#[N+]c1ccc(C#Cc2ccc(F)c([C@@]3(CF)N=C(N)S[C@@]4(Cn5cc(C)nn5)C[C@H]43)c2)nc1. The van der Waals surface area contributed by atoms with Crippen LogP contribution in [-0.2, 0) is 24.2 Å². The van der Waals surface area contributed by atoms with E-state index >= 15 is 4.39 Å². The van der Waals surface area contributed by atoms with Crippen molar-refractivity contribution >= 4 is 61.2 Å². The number of amidine groups is 2. The largest absolute Gasteiger partial charge is 0.378 e. The Labute approximate surface area is 411 Å². The van der Waals surface area contributed by atoms with Gasteiger partial charge >= 0.3 is 0 Å². The molecule has 0 amide bonds. The zero-order valence-corrected chi connectivity index (χ0v) is 40.0. The van der Waals surface area contributed by atoms with E-state index in [0.717, 1.165) is 16.0 Å². The summed E-state index contributed by atoms with van der Waals surface area (Å²) in [6.45, 7) is 16.5. The van der Waals surface area contributed by atoms with E-state index in [1.165, 1.54) is 66.2 Å². The maximum Gasteiger partial charge on any atom is 0.205 e. The van der Waals surface area contributed by atoms with Crippen LogP contribution in [0.4, 0.5) is 28.9 Å². The molecule has 4 N–H and O–H groups in total. The summed E-state index contributed by atoms with van der Waals surface area (Å²) in [5, 5.41) is 16.7. The van der Waals surface area contributed by atoms with Gasteiger partial charge in [0.25, 0.3) is 0 Å². The maximum absolute atomic E-state index is 15.1. The molecule has 10 rings (SSSR count). The number of nitrogens with zero attached hydrogens (tertiary/aromatic N) is 12. The van der Waals surface area contributed by atoms with Gasteiger partial charge in [0.05, 0.1) is 37.6 Å². The van der Waals surface area contributed by atoms with E-state index < -0.39 is 40.8 Å². The van der Waals surface area contributed by atoms with Crippen molar-refractivity contribution in [2.45, 2.75) is 60.4 Å². The van der Waals surface area contributed by atoms with Gasteiger partial charge in [0.2, 0.25) is 11.4 Å². The predicted molar refractivity (Wildman–Crippen MR) is 260 cm³/mol. The molecular weight excluding hydrogens is 993 g/mol. The van der Waals surface area contributed by atoms with Crippen molar-refractivity contribution in [2.75, 3.05) is 13.3 Å². The third-order valence-corrected chi connectivity index (χ3v) is 15.1. The fourth-order valence-corrected chi connectivity index (χ4v) is 11.8. The first-order chi connectivity index (χ1) is 33.1.